The van der Waals surface area contributed by atoms with Gasteiger partial charge in [-0.25, -0.2) is 0 Å². The van der Waals surface area contributed by atoms with Gasteiger partial charge in [-0.3, -0.25) is 0 Å². The summed E-state index contributed by atoms with van der Waals surface area (Å²) in [5.74, 6) is 2.17. The molecule has 1 atom stereocenters. The highest BCUT2D eigenvalue weighted by Crippen LogP contribution is 2.15. The number of hydrogen-bond donors (Lipinski definition) is 1. The fourth-order valence-electron chi connectivity index (χ4n) is 1.74. The fourth-order valence-corrected chi connectivity index (χ4v) is 2.74. The third-order valence-corrected chi connectivity index (χ3v) is 4.04. The maximum absolute atomic E-state index is 6.14. The van der Waals surface area contributed by atoms with Gasteiger partial charge in [0.25, 0.3) is 0 Å². The molecule has 0 saturated carbocycles. The zero-order valence-corrected chi connectivity index (χ0v) is 11.7. The summed E-state index contributed by atoms with van der Waals surface area (Å²) in [4.78, 5) is 2.45. The van der Waals surface area contributed by atoms with Crippen LogP contribution in [0.25, 0.3) is 0 Å². The van der Waals surface area contributed by atoms with Crippen LogP contribution in [0.2, 0.25) is 0 Å². The van der Waals surface area contributed by atoms with Crippen molar-refractivity contribution in [2.75, 3.05) is 31.1 Å². The van der Waals surface area contributed by atoms with E-state index in [2.05, 4.69) is 43.0 Å². The molecule has 17 heavy (non-hydrogen) atoms. The molecular formula is C14H24N2S. The van der Waals surface area contributed by atoms with Crippen LogP contribution in [0.15, 0.2) is 30.3 Å². The summed E-state index contributed by atoms with van der Waals surface area (Å²) >= 11 is 1.95. The minimum atomic E-state index is 0.165. The Hall–Kier alpha value is -0.510. The van der Waals surface area contributed by atoms with Crippen LogP contribution in [0.3, 0.4) is 0 Å². The Bertz CT molecular complexity index is 286. The van der Waals surface area contributed by atoms with Crippen molar-refractivity contribution in [1.82, 2.24) is 4.90 Å². The lowest BCUT2D eigenvalue weighted by Crippen LogP contribution is -2.25. The molecule has 0 radical (unpaired) electrons. The molecule has 0 aliphatic carbocycles. The third-order valence-electron chi connectivity index (χ3n) is 2.97. The number of rotatable bonds is 8. The molecule has 1 aromatic rings. The molecule has 1 unspecified atom stereocenters. The van der Waals surface area contributed by atoms with Crippen LogP contribution >= 0.6 is 11.8 Å². The zero-order chi connectivity index (χ0) is 12.5. The highest BCUT2D eigenvalue weighted by atomic mass is 32.2. The average Bonchev–Trinajstić information content (AvgIpc) is 2.40. The lowest BCUT2D eigenvalue weighted by atomic mass is 10.1. The van der Waals surface area contributed by atoms with Crippen LogP contribution in [0.4, 0.5) is 0 Å². The highest BCUT2D eigenvalue weighted by molar-refractivity contribution is 7.99. The van der Waals surface area contributed by atoms with E-state index in [-0.39, 0.29) is 6.04 Å². The number of nitrogens with zero attached hydrogens (tertiary/aromatic N) is 1. The van der Waals surface area contributed by atoms with Crippen LogP contribution in [0.1, 0.15) is 25.5 Å². The van der Waals surface area contributed by atoms with Gasteiger partial charge in [-0.2, -0.15) is 11.8 Å². The first-order chi connectivity index (χ1) is 8.27. The maximum Gasteiger partial charge on any atom is 0.0386 e. The van der Waals surface area contributed by atoms with Crippen molar-refractivity contribution >= 4 is 11.8 Å². The van der Waals surface area contributed by atoms with E-state index >= 15 is 0 Å². The predicted molar refractivity (Wildman–Crippen MR) is 78.5 cm³/mol. The van der Waals surface area contributed by atoms with E-state index in [4.69, 9.17) is 5.73 Å². The Kier molecular flexibility index (Phi) is 7.33. The topological polar surface area (TPSA) is 29.3 Å². The summed E-state index contributed by atoms with van der Waals surface area (Å²) < 4.78 is 0. The summed E-state index contributed by atoms with van der Waals surface area (Å²) in [7, 11) is 0. The van der Waals surface area contributed by atoms with Crippen molar-refractivity contribution in [3.8, 4) is 0 Å². The first-order valence-corrected chi connectivity index (χ1v) is 7.54. The van der Waals surface area contributed by atoms with Gasteiger partial charge in [0.1, 0.15) is 0 Å². The number of thioether (sulfide) groups is 1. The molecule has 0 spiro atoms. The molecule has 0 heterocycles. The van der Waals surface area contributed by atoms with Gasteiger partial charge in [0.2, 0.25) is 0 Å². The zero-order valence-electron chi connectivity index (χ0n) is 10.9. The van der Waals surface area contributed by atoms with Gasteiger partial charge in [0.05, 0.1) is 0 Å². The van der Waals surface area contributed by atoms with E-state index < -0.39 is 0 Å². The molecule has 96 valence electrons. The molecule has 2 nitrogen and oxygen atoms in total. The minimum Gasteiger partial charge on any atom is -0.323 e. The molecule has 0 amide bonds. The SMILES string of the molecule is CCN(CC)CCSCC(N)c1ccccc1. The van der Waals surface area contributed by atoms with Gasteiger partial charge in [0.15, 0.2) is 0 Å². The molecule has 1 rings (SSSR count). The second-order valence-corrected chi connectivity index (χ2v) is 5.27. The summed E-state index contributed by atoms with van der Waals surface area (Å²) in [6, 6.07) is 10.5. The Balaban J connectivity index is 2.19. The van der Waals surface area contributed by atoms with Gasteiger partial charge in [-0.05, 0) is 18.7 Å². The number of hydrogen-bond acceptors (Lipinski definition) is 3. The lowest BCUT2D eigenvalue weighted by Gasteiger charge is -2.18. The van der Waals surface area contributed by atoms with Gasteiger partial charge < -0.3 is 10.6 Å². The summed E-state index contributed by atoms with van der Waals surface area (Å²) in [6.07, 6.45) is 0. The van der Waals surface area contributed by atoms with Crippen LogP contribution in [-0.4, -0.2) is 36.0 Å². The van der Waals surface area contributed by atoms with E-state index in [1.165, 1.54) is 17.9 Å². The predicted octanol–water partition coefficient (Wildman–Crippen LogP) is 2.76. The first kappa shape index (κ1) is 14.6. The van der Waals surface area contributed by atoms with Gasteiger partial charge in [-0.1, -0.05) is 44.2 Å². The largest absolute Gasteiger partial charge is 0.323 e. The van der Waals surface area contributed by atoms with E-state index in [0.29, 0.717) is 0 Å². The lowest BCUT2D eigenvalue weighted by molar-refractivity contribution is 0.324. The van der Waals surface area contributed by atoms with Gasteiger partial charge in [-0.15, -0.1) is 0 Å². The van der Waals surface area contributed by atoms with E-state index in [1.54, 1.807) is 0 Å². The normalized spacial score (nSPS) is 12.9. The molecule has 0 aliphatic heterocycles. The Labute approximate surface area is 110 Å². The molecule has 0 saturated heterocycles. The van der Waals surface area contributed by atoms with Crippen LogP contribution in [-0.2, 0) is 0 Å². The summed E-state index contributed by atoms with van der Waals surface area (Å²) in [6.45, 7) is 7.87. The van der Waals surface area contributed by atoms with Crippen molar-refractivity contribution in [3.63, 3.8) is 0 Å². The van der Waals surface area contributed by atoms with Gasteiger partial charge >= 0.3 is 0 Å². The molecule has 0 aromatic heterocycles. The average molecular weight is 252 g/mol. The maximum atomic E-state index is 6.14. The van der Waals surface area contributed by atoms with Crippen molar-refractivity contribution in [1.29, 1.82) is 0 Å². The molecule has 0 aliphatic rings. The van der Waals surface area contributed by atoms with Crippen molar-refractivity contribution in [2.24, 2.45) is 5.73 Å². The van der Waals surface area contributed by atoms with E-state index in [1.807, 2.05) is 17.8 Å². The number of nitrogens with two attached hydrogens (primary N) is 1. The molecule has 0 bridgehead atoms. The van der Waals surface area contributed by atoms with E-state index in [0.717, 1.165) is 18.8 Å². The Morgan fingerprint density at radius 3 is 2.41 bits per heavy atom. The van der Waals surface area contributed by atoms with Crippen molar-refractivity contribution < 1.29 is 0 Å². The van der Waals surface area contributed by atoms with Crippen LogP contribution < -0.4 is 5.73 Å². The standard InChI is InChI=1S/C14H24N2S/c1-3-16(4-2)10-11-17-12-14(15)13-8-6-5-7-9-13/h5-9,14H,3-4,10-12,15H2,1-2H3. The first-order valence-electron chi connectivity index (χ1n) is 6.38. The molecular weight excluding hydrogens is 228 g/mol. The second kappa shape index (κ2) is 8.56. The quantitative estimate of drug-likeness (QED) is 0.721. The fraction of sp³-hybridized carbons (Fsp3) is 0.571. The highest BCUT2D eigenvalue weighted by Gasteiger charge is 2.05. The third kappa shape index (κ3) is 5.57. The summed E-state index contributed by atoms with van der Waals surface area (Å²) in [5.41, 5.74) is 7.38. The van der Waals surface area contributed by atoms with Crippen molar-refractivity contribution in [2.45, 2.75) is 19.9 Å². The summed E-state index contributed by atoms with van der Waals surface area (Å²) in [5, 5.41) is 0. The smallest absolute Gasteiger partial charge is 0.0386 e. The Morgan fingerprint density at radius 1 is 1.18 bits per heavy atom. The van der Waals surface area contributed by atoms with Crippen molar-refractivity contribution in [3.05, 3.63) is 35.9 Å². The minimum absolute atomic E-state index is 0.165. The van der Waals surface area contributed by atoms with Crippen LogP contribution in [0, 0.1) is 0 Å². The van der Waals surface area contributed by atoms with Gasteiger partial charge in [0, 0.05) is 24.1 Å². The van der Waals surface area contributed by atoms with Crippen LogP contribution in [0.5, 0.6) is 0 Å². The molecule has 2 N–H and O–H groups in total. The number of benzene rings is 1. The molecule has 0 fully saturated rings. The monoisotopic (exact) mass is 252 g/mol. The molecule has 1 aromatic carbocycles. The van der Waals surface area contributed by atoms with E-state index in [9.17, 15) is 0 Å². The second-order valence-electron chi connectivity index (χ2n) is 4.12. The molecule has 3 heteroatoms. The Morgan fingerprint density at radius 2 is 1.82 bits per heavy atom.